The Labute approximate surface area is 131 Å². The molecule has 0 saturated heterocycles. The summed E-state index contributed by atoms with van der Waals surface area (Å²) in [5.41, 5.74) is 1.38. The Bertz CT molecular complexity index is 513. The van der Waals surface area contributed by atoms with E-state index in [1.54, 1.807) is 11.8 Å². The van der Waals surface area contributed by atoms with Crippen LogP contribution in [0.2, 0.25) is 0 Å². The van der Waals surface area contributed by atoms with E-state index in [1.807, 2.05) is 12.1 Å². The van der Waals surface area contributed by atoms with E-state index in [2.05, 4.69) is 42.6 Å². The van der Waals surface area contributed by atoms with E-state index in [0.29, 0.717) is 6.04 Å². The van der Waals surface area contributed by atoms with Crippen LogP contribution in [0.25, 0.3) is 0 Å². The third kappa shape index (κ3) is 5.90. The Kier molecular flexibility index (Phi) is 6.77. The van der Waals surface area contributed by atoms with E-state index < -0.39 is 0 Å². The van der Waals surface area contributed by atoms with Crippen LogP contribution >= 0.6 is 11.8 Å². The molecule has 0 fully saturated rings. The number of hydrogen-bond acceptors (Lipinski definition) is 2. The summed E-state index contributed by atoms with van der Waals surface area (Å²) in [6.45, 7) is 3.11. The van der Waals surface area contributed by atoms with E-state index >= 15 is 0 Å². The topological polar surface area (TPSA) is 12.0 Å². The molecule has 0 aliphatic heterocycles. The van der Waals surface area contributed by atoms with Gasteiger partial charge in [-0.3, -0.25) is 0 Å². The maximum atomic E-state index is 12.9. The van der Waals surface area contributed by atoms with E-state index in [9.17, 15) is 4.39 Å². The fourth-order valence-electron chi connectivity index (χ4n) is 2.25. The molecule has 1 N–H and O–H groups in total. The van der Waals surface area contributed by atoms with E-state index in [1.165, 1.54) is 17.7 Å². The molecule has 2 aromatic carbocycles. The van der Waals surface area contributed by atoms with Gasteiger partial charge in [0.15, 0.2) is 0 Å². The van der Waals surface area contributed by atoms with Gasteiger partial charge in [0.1, 0.15) is 5.82 Å². The second-order valence-corrected chi connectivity index (χ2v) is 6.14. The standard InChI is InChI=1S/C18H22FNS/c1-2-20-17(11-8-15-6-4-3-5-7-15)14-21-18-12-9-16(19)10-13-18/h3-7,9-10,12-13,17,20H,2,8,11,14H2,1H3. The molecular weight excluding hydrogens is 281 g/mol. The first-order valence-corrected chi connectivity index (χ1v) is 8.42. The van der Waals surface area contributed by atoms with Crippen molar-refractivity contribution < 1.29 is 4.39 Å². The van der Waals surface area contributed by atoms with Crippen molar-refractivity contribution in [3.05, 3.63) is 66.0 Å². The van der Waals surface area contributed by atoms with Crippen molar-refractivity contribution in [2.24, 2.45) is 0 Å². The van der Waals surface area contributed by atoms with Crippen LogP contribution in [-0.4, -0.2) is 18.3 Å². The molecule has 0 heterocycles. The quantitative estimate of drug-likeness (QED) is 0.719. The molecule has 2 rings (SSSR count). The number of benzene rings is 2. The third-order valence-corrected chi connectivity index (χ3v) is 4.56. The summed E-state index contributed by atoms with van der Waals surface area (Å²) in [7, 11) is 0. The molecule has 112 valence electrons. The third-order valence-electron chi connectivity index (χ3n) is 3.38. The van der Waals surface area contributed by atoms with Gasteiger partial charge in [-0.2, -0.15) is 0 Å². The lowest BCUT2D eigenvalue weighted by Crippen LogP contribution is -2.31. The van der Waals surface area contributed by atoms with Gasteiger partial charge in [-0.15, -0.1) is 11.8 Å². The summed E-state index contributed by atoms with van der Waals surface area (Å²) in [4.78, 5) is 1.12. The van der Waals surface area contributed by atoms with Crippen LogP contribution in [0, 0.1) is 5.82 Å². The van der Waals surface area contributed by atoms with E-state index in [-0.39, 0.29) is 5.82 Å². The van der Waals surface area contributed by atoms with Crippen LogP contribution in [0.15, 0.2) is 59.5 Å². The molecule has 1 atom stereocenters. The van der Waals surface area contributed by atoms with Crippen molar-refractivity contribution >= 4 is 11.8 Å². The molecule has 0 aromatic heterocycles. The van der Waals surface area contributed by atoms with Crippen LogP contribution in [0.3, 0.4) is 0 Å². The highest BCUT2D eigenvalue weighted by Gasteiger charge is 2.08. The van der Waals surface area contributed by atoms with Gasteiger partial charge >= 0.3 is 0 Å². The molecule has 0 aliphatic rings. The highest BCUT2D eigenvalue weighted by Crippen LogP contribution is 2.20. The van der Waals surface area contributed by atoms with Gasteiger partial charge in [-0.1, -0.05) is 37.3 Å². The smallest absolute Gasteiger partial charge is 0.123 e. The van der Waals surface area contributed by atoms with Gasteiger partial charge in [0, 0.05) is 16.7 Å². The van der Waals surface area contributed by atoms with E-state index in [4.69, 9.17) is 0 Å². The SMILES string of the molecule is CCNC(CCc1ccccc1)CSc1ccc(F)cc1. The average molecular weight is 303 g/mol. The van der Waals surface area contributed by atoms with Gasteiger partial charge in [0.2, 0.25) is 0 Å². The van der Waals surface area contributed by atoms with Crippen LogP contribution in [0.4, 0.5) is 4.39 Å². The summed E-state index contributed by atoms with van der Waals surface area (Å²) in [6.07, 6.45) is 2.20. The molecule has 0 bridgehead atoms. The van der Waals surface area contributed by atoms with Gasteiger partial charge < -0.3 is 5.32 Å². The van der Waals surface area contributed by atoms with Crippen molar-refractivity contribution in [1.82, 2.24) is 5.32 Å². The van der Waals surface area contributed by atoms with Gasteiger partial charge in [-0.05, 0) is 49.2 Å². The second kappa shape index (κ2) is 8.85. The normalized spacial score (nSPS) is 12.3. The highest BCUT2D eigenvalue weighted by atomic mass is 32.2. The minimum atomic E-state index is -0.174. The number of rotatable bonds is 8. The Morgan fingerprint density at radius 3 is 2.43 bits per heavy atom. The van der Waals surface area contributed by atoms with E-state index in [0.717, 1.165) is 30.0 Å². The maximum absolute atomic E-state index is 12.9. The fourth-order valence-corrected chi connectivity index (χ4v) is 3.25. The van der Waals surface area contributed by atoms with Crippen LogP contribution < -0.4 is 5.32 Å². The number of halogens is 1. The summed E-state index contributed by atoms with van der Waals surface area (Å²) in [6, 6.07) is 17.8. The number of hydrogen-bond donors (Lipinski definition) is 1. The maximum Gasteiger partial charge on any atom is 0.123 e. The summed E-state index contributed by atoms with van der Waals surface area (Å²) >= 11 is 1.78. The minimum absolute atomic E-state index is 0.174. The first-order chi connectivity index (χ1) is 10.3. The number of thioether (sulfide) groups is 1. The minimum Gasteiger partial charge on any atom is -0.313 e. The molecule has 0 aliphatic carbocycles. The van der Waals surface area contributed by atoms with Crippen molar-refractivity contribution in [2.75, 3.05) is 12.3 Å². The largest absolute Gasteiger partial charge is 0.313 e. The molecule has 0 saturated carbocycles. The molecule has 0 spiro atoms. The van der Waals surface area contributed by atoms with Crippen LogP contribution in [-0.2, 0) is 6.42 Å². The Morgan fingerprint density at radius 1 is 1.05 bits per heavy atom. The van der Waals surface area contributed by atoms with Gasteiger partial charge in [0.25, 0.3) is 0 Å². The van der Waals surface area contributed by atoms with Crippen molar-refractivity contribution in [2.45, 2.75) is 30.7 Å². The average Bonchev–Trinajstić information content (AvgIpc) is 2.52. The molecular formula is C18H22FNS. The number of nitrogens with one attached hydrogen (secondary N) is 1. The van der Waals surface area contributed by atoms with Gasteiger partial charge in [-0.25, -0.2) is 4.39 Å². The summed E-state index contributed by atoms with van der Waals surface area (Å²) in [5.74, 6) is 0.832. The fraction of sp³-hybridized carbons (Fsp3) is 0.333. The Hall–Kier alpha value is -1.32. The van der Waals surface area contributed by atoms with Crippen LogP contribution in [0.5, 0.6) is 0 Å². The molecule has 3 heteroatoms. The monoisotopic (exact) mass is 303 g/mol. The van der Waals surface area contributed by atoms with Crippen molar-refractivity contribution in [3.8, 4) is 0 Å². The lowest BCUT2D eigenvalue weighted by molar-refractivity contribution is 0.537. The van der Waals surface area contributed by atoms with Crippen molar-refractivity contribution in [1.29, 1.82) is 0 Å². The Morgan fingerprint density at radius 2 is 1.76 bits per heavy atom. The highest BCUT2D eigenvalue weighted by molar-refractivity contribution is 7.99. The Balaban J connectivity index is 1.82. The zero-order valence-electron chi connectivity index (χ0n) is 12.4. The lowest BCUT2D eigenvalue weighted by Gasteiger charge is -2.17. The zero-order chi connectivity index (χ0) is 14.9. The summed E-state index contributed by atoms with van der Waals surface area (Å²) in [5, 5.41) is 3.54. The zero-order valence-corrected chi connectivity index (χ0v) is 13.2. The first-order valence-electron chi connectivity index (χ1n) is 7.43. The molecule has 1 unspecified atom stereocenters. The second-order valence-electron chi connectivity index (χ2n) is 5.04. The van der Waals surface area contributed by atoms with Gasteiger partial charge in [0.05, 0.1) is 0 Å². The summed E-state index contributed by atoms with van der Waals surface area (Å²) < 4.78 is 12.9. The van der Waals surface area contributed by atoms with Crippen LogP contribution in [0.1, 0.15) is 18.9 Å². The lowest BCUT2D eigenvalue weighted by atomic mass is 10.1. The molecule has 2 aromatic rings. The van der Waals surface area contributed by atoms with Crippen molar-refractivity contribution in [3.63, 3.8) is 0 Å². The predicted molar refractivity (Wildman–Crippen MR) is 89.4 cm³/mol. The first kappa shape index (κ1) is 16.1. The number of aryl methyl sites for hydroxylation is 1. The molecule has 21 heavy (non-hydrogen) atoms. The molecule has 0 amide bonds. The molecule has 1 nitrogen and oxygen atoms in total. The molecule has 0 radical (unpaired) electrons. The predicted octanol–water partition coefficient (Wildman–Crippen LogP) is 4.53.